The first-order valence-electron chi connectivity index (χ1n) is 10.6. The van der Waals surface area contributed by atoms with Crippen LogP contribution in [0.15, 0.2) is 48.5 Å². The topological polar surface area (TPSA) is 86.1 Å². The molecular weight excluding hydrogens is 394 g/mol. The molecule has 0 bridgehead atoms. The van der Waals surface area contributed by atoms with Crippen molar-refractivity contribution >= 4 is 23.4 Å². The summed E-state index contributed by atoms with van der Waals surface area (Å²) in [5.74, 6) is -1.34. The molecule has 7 heteroatoms. The monoisotopic (exact) mass is 423 g/mol. The highest BCUT2D eigenvalue weighted by Crippen LogP contribution is 2.37. The third kappa shape index (κ3) is 5.32. The molecule has 0 aromatic heterocycles. The number of rotatable bonds is 7. The fourth-order valence-corrected chi connectivity index (χ4v) is 3.82. The zero-order valence-electron chi connectivity index (χ0n) is 17.8. The fraction of sp³-hybridized carbons (Fsp3) is 0.375. The molecule has 1 amide bonds. The molecule has 2 aliphatic rings. The van der Waals surface area contributed by atoms with Gasteiger partial charge in [-0.25, -0.2) is 0 Å². The summed E-state index contributed by atoms with van der Waals surface area (Å²) in [4.78, 5) is 14.1. The van der Waals surface area contributed by atoms with Crippen LogP contribution in [-0.2, 0) is 20.0 Å². The maximum Gasteiger partial charge on any atom is 0.248 e. The number of ether oxygens (including phenoxy) is 3. The Hall–Kier alpha value is -2.71. The van der Waals surface area contributed by atoms with Crippen LogP contribution in [0.2, 0.25) is 0 Å². The molecule has 0 atom stereocenters. The number of morpholine rings is 1. The van der Waals surface area contributed by atoms with Crippen molar-refractivity contribution in [3.05, 3.63) is 65.2 Å². The van der Waals surface area contributed by atoms with Gasteiger partial charge in [0.1, 0.15) is 0 Å². The average molecular weight is 424 g/mol. The predicted molar refractivity (Wildman–Crippen MR) is 120 cm³/mol. The molecule has 7 nitrogen and oxygen atoms in total. The van der Waals surface area contributed by atoms with Crippen molar-refractivity contribution in [3.63, 3.8) is 0 Å². The van der Waals surface area contributed by atoms with Crippen molar-refractivity contribution < 1.29 is 19.0 Å². The Morgan fingerprint density at radius 3 is 2.48 bits per heavy atom. The quantitative estimate of drug-likeness (QED) is 0.712. The lowest BCUT2D eigenvalue weighted by Crippen LogP contribution is -2.36. The minimum Gasteiger partial charge on any atom is -0.379 e. The Bertz CT molecular complexity index is 930. The van der Waals surface area contributed by atoms with E-state index in [0.717, 1.165) is 55.3 Å². The standard InChI is InChI=1S/C24H29N3O4/c1-24(30-15-16-31-24)21-9-6-19(23(25)28)17-22(21)26-20-7-4-18(5-8-20)3-2-10-27-11-13-29-14-12-27/h2-9,17,26H,10-16H2,1H3,(H2,25,28)/b3-2+. The van der Waals surface area contributed by atoms with E-state index < -0.39 is 11.7 Å². The van der Waals surface area contributed by atoms with Gasteiger partial charge in [0.2, 0.25) is 5.91 Å². The van der Waals surface area contributed by atoms with Crippen molar-refractivity contribution in [3.8, 4) is 0 Å². The van der Waals surface area contributed by atoms with Gasteiger partial charge in [-0.15, -0.1) is 0 Å². The summed E-state index contributed by atoms with van der Waals surface area (Å²) in [5, 5.41) is 3.39. The van der Waals surface area contributed by atoms with Crippen LogP contribution >= 0.6 is 0 Å². The molecule has 2 aliphatic heterocycles. The van der Waals surface area contributed by atoms with Crippen LogP contribution in [0, 0.1) is 0 Å². The van der Waals surface area contributed by atoms with Crippen LogP contribution in [0.4, 0.5) is 11.4 Å². The van der Waals surface area contributed by atoms with Crippen LogP contribution in [0.3, 0.4) is 0 Å². The maximum absolute atomic E-state index is 11.7. The molecule has 2 heterocycles. The van der Waals surface area contributed by atoms with E-state index in [1.165, 1.54) is 0 Å². The number of primary amides is 1. The SMILES string of the molecule is CC1(c2ccc(C(N)=O)cc2Nc2ccc(/C=C/CN3CCOCC3)cc2)OCCO1. The average Bonchev–Trinajstić information content (AvgIpc) is 3.23. The van der Waals surface area contributed by atoms with Crippen molar-refractivity contribution in [2.24, 2.45) is 5.73 Å². The van der Waals surface area contributed by atoms with Gasteiger partial charge in [0.05, 0.1) is 26.4 Å². The molecule has 31 heavy (non-hydrogen) atoms. The summed E-state index contributed by atoms with van der Waals surface area (Å²) < 4.78 is 17.0. The summed E-state index contributed by atoms with van der Waals surface area (Å²) in [6.07, 6.45) is 4.30. The number of benzene rings is 2. The Morgan fingerprint density at radius 2 is 1.81 bits per heavy atom. The molecule has 2 aromatic rings. The van der Waals surface area contributed by atoms with Gasteiger partial charge >= 0.3 is 0 Å². The molecule has 3 N–H and O–H groups in total. The minimum absolute atomic E-state index is 0.426. The molecule has 4 rings (SSSR count). The lowest BCUT2D eigenvalue weighted by Gasteiger charge is -2.26. The Morgan fingerprint density at radius 1 is 1.10 bits per heavy atom. The molecule has 0 radical (unpaired) electrons. The van der Waals surface area contributed by atoms with Crippen molar-refractivity contribution in [1.82, 2.24) is 4.90 Å². The zero-order valence-corrected chi connectivity index (χ0v) is 17.8. The highest BCUT2D eigenvalue weighted by Gasteiger charge is 2.35. The Kier molecular flexibility index (Phi) is 6.67. The third-order valence-corrected chi connectivity index (χ3v) is 5.60. The van der Waals surface area contributed by atoms with Crippen LogP contribution in [0.1, 0.15) is 28.4 Å². The number of hydrogen-bond donors (Lipinski definition) is 2. The van der Waals surface area contributed by atoms with Gasteiger partial charge < -0.3 is 25.3 Å². The number of nitrogens with two attached hydrogens (primary N) is 1. The number of amides is 1. The van der Waals surface area contributed by atoms with Gasteiger partial charge in [-0.05, 0) is 36.8 Å². The van der Waals surface area contributed by atoms with E-state index in [2.05, 4.69) is 34.5 Å². The second-order valence-electron chi connectivity index (χ2n) is 7.83. The summed E-state index contributed by atoms with van der Waals surface area (Å²) in [6, 6.07) is 13.4. The predicted octanol–water partition coefficient (Wildman–Crippen LogP) is 3.09. The normalized spacial score (nSPS) is 19.0. The van der Waals surface area contributed by atoms with Crippen molar-refractivity contribution in [2.75, 3.05) is 51.4 Å². The summed E-state index contributed by atoms with van der Waals surface area (Å²) in [6.45, 7) is 7.43. The van der Waals surface area contributed by atoms with Gasteiger partial charge in [-0.1, -0.05) is 30.4 Å². The molecule has 0 aliphatic carbocycles. The minimum atomic E-state index is -0.860. The van der Waals surface area contributed by atoms with Crippen LogP contribution < -0.4 is 11.1 Å². The van der Waals surface area contributed by atoms with Crippen LogP contribution in [0.25, 0.3) is 6.08 Å². The maximum atomic E-state index is 11.7. The first kappa shape index (κ1) is 21.5. The zero-order chi connectivity index (χ0) is 21.7. The van der Waals surface area contributed by atoms with Crippen LogP contribution in [-0.4, -0.2) is 56.9 Å². The smallest absolute Gasteiger partial charge is 0.248 e. The highest BCUT2D eigenvalue weighted by atomic mass is 16.7. The Labute approximate surface area is 182 Å². The third-order valence-electron chi connectivity index (χ3n) is 5.60. The van der Waals surface area contributed by atoms with Gasteiger partial charge in [-0.3, -0.25) is 9.69 Å². The molecule has 2 saturated heterocycles. The largest absolute Gasteiger partial charge is 0.379 e. The van der Waals surface area contributed by atoms with Gasteiger partial charge in [0.25, 0.3) is 0 Å². The van der Waals surface area contributed by atoms with E-state index >= 15 is 0 Å². The molecule has 164 valence electrons. The fourth-order valence-electron chi connectivity index (χ4n) is 3.82. The second kappa shape index (κ2) is 9.62. The number of nitrogens with one attached hydrogen (secondary N) is 1. The van der Waals surface area contributed by atoms with Gasteiger partial charge in [0, 0.05) is 42.1 Å². The van der Waals surface area contributed by atoms with Crippen molar-refractivity contribution in [2.45, 2.75) is 12.7 Å². The Balaban J connectivity index is 1.48. The number of hydrogen-bond acceptors (Lipinski definition) is 6. The van der Waals surface area contributed by atoms with E-state index in [1.807, 2.05) is 25.1 Å². The second-order valence-corrected chi connectivity index (χ2v) is 7.83. The molecule has 2 fully saturated rings. The number of carbonyl (C=O) groups excluding carboxylic acids is 1. The summed E-state index contributed by atoms with van der Waals surface area (Å²) in [5.41, 5.74) is 9.49. The molecule has 0 saturated carbocycles. The van der Waals surface area contributed by atoms with Crippen molar-refractivity contribution in [1.29, 1.82) is 0 Å². The summed E-state index contributed by atoms with van der Waals surface area (Å²) >= 11 is 0. The highest BCUT2D eigenvalue weighted by molar-refractivity contribution is 5.94. The lowest BCUT2D eigenvalue weighted by atomic mass is 10.0. The van der Waals surface area contributed by atoms with E-state index in [1.54, 1.807) is 12.1 Å². The van der Waals surface area contributed by atoms with Crippen LogP contribution in [0.5, 0.6) is 0 Å². The van der Waals surface area contributed by atoms with Gasteiger partial charge in [0.15, 0.2) is 5.79 Å². The first-order chi connectivity index (χ1) is 15.0. The lowest BCUT2D eigenvalue weighted by molar-refractivity contribution is -0.149. The number of anilines is 2. The van der Waals surface area contributed by atoms with E-state index in [-0.39, 0.29) is 0 Å². The first-order valence-corrected chi connectivity index (χ1v) is 10.6. The number of nitrogens with zero attached hydrogens (tertiary/aromatic N) is 1. The molecule has 2 aromatic carbocycles. The van der Waals surface area contributed by atoms with E-state index in [4.69, 9.17) is 19.9 Å². The van der Waals surface area contributed by atoms with E-state index in [0.29, 0.717) is 18.8 Å². The summed E-state index contributed by atoms with van der Waals surface area (Å²) in [7, 11) is 0. The molecule has 0 unspecified atom stereocenters. The molecular formula is C24H29N3O4. The number of carbonyl (C=O) groups is 1. The molecule has 0 spiro atoms. The van der Waals surface area contributed by atoms with E-state index in [9.17, 15) is 4.79 Å². The van der Waals surface area contributed by atoms with Gasteiger partial charge in [-0.2, -0.15) is 0 Å².